The third-order valence-corrected chi connectivity index (χ3v) is 4.42. The van der Waals surface area contributed by atoms with Gasteiger partial charge in [0.25, 0.3) is 0 Å². The van der Waals surface area contributed by atoms with E-state index in [1.54, 1.807) is 12.4 Å². The molecular weight excluding hydrogens is 310 g/mol. The molecule has 1 fully saturated rings. The Hall–Kier alpha value is -1.91. The number of hydrogen-bond donors (Lipinski definition) is 1. The van der Waals surface area contributed by atoms with Gasteiger partial charge in [-0.2, -0.15) is 0 Å². The Balaban J connectivity index is 1.49. The number of pyridine rings is 1. The first-order valence-electron chi connectivity index (χ1n) is 7.88. The lowest BCUT2D eigenvalue weighted by atomic mass is 9.95. The number of aromatic nitrogens is 1. The van der Waals surface area contributed by atoms with E-state index in [2.05, 4.69) is 21.3 Å². The average Bonchev–Trinajstić information content (AvgIpc) is 2.56. The second-order valence-corrected chi connectivity index (χ2v) is 6.35. The lowest BCUT2D eigenvalue weighted by molar-refractivity contribution is -0.121. The quantitative estimate of drug-likeness (QED) is 0.932. The molecule has 2 aromatic rings. The molecule has 1 aliphatic heterocycles. The Morgan fingerprint density at radius 3 is 2.78 bits per heavy atom. The van der Waals surface area contributed by atoms with Gasteiger partial charge in [-0.3, -0.25) is 14.7 Å². The van der Waals surface area contributed by atoms with Crippen LogP contribution in [0.5, 0.6) is 0 Å². The summed E-state index contributed by atoms with van der Waals surface area (Å²) in [5.74, 6) is 0.172. The number of amides is 1. The van der Waals surface area contributed by atoms with E-state index in [9.17, 15) is 4.79 Å². The fourth-order valence-corrected chi connectivity index (χ4v) is 3.14. The predicted molar refractivity (Wildman–Crippen MR) is 92.3 cm³/mol. The first-order chi connectivity index (χ1) is 11.2. The van der Waals surface area contributed by atoms with Gasteiger partial charge in [0.2, 0.25) is 5.91 Å². The van der Waals surface area contributed by atoms with Crippen molar-refractivity contribution in [3.05, 3.63) is 59.4 Å². The molecule has 0 spiro atoms. The number of nitrogens with one attached hydrogen (secondary N) is 1. The maximum atomic E-state index is 12.3. The molecule has 3 rings (SSSR count). The molecule has 5 heteroatoms. The number of benzene rings is 1. The number of nitrogens with zero attached hydrogens (tertiary/aromatic N) is 2. The van der Waals surface area contributed by atoms with Crippen molar-refractivity contribution >= 4 is 23.2 Å². The van der Waals surface area contributed by atoms with Gasteiger partial charge in [-0.1, -0.05) is 23.7 Å². The second kappa shape index (κ2) is 7.57. The molecule has 0 bridgehead atoms. The minimum atomic E-state index is 0.0748. The lowest BCUT2D eigenvalue weighted by Crippen LogP contribution is -2.37. The van der Waals surface area contributed by atoms with Crippen molar-refractivity contribution in [1.29, 1.82) is 0 Å². The van der Waals surface area contributed by atoms with Crippen molar-refractivity contribution < 1.29 is 4.79 Å². The van der Waals surface area contributed by atoms with E-state index in [1.807, 2.05) is 30.3 Å². The topological polar surface area (TPSA) is 45.2 Å². The van der Waals surface area contributed by atoms with Gasteiger partial charge in [-0.15, -0.1) is 0 Å². The smallest absolute Gasteiger partial charge is 0.227 e. The van der Waals surface area contributed by atoms with Gasteiger partial charge in [0.1, 0.15) is 0 Å². The molecule has 0 atom stereocenters. The highest BCUT2D eigenvalue weighted by molar-refractivity contribution is 6.30. The van der Waals surface area contributed by atoms with Crippen LogP contribution >= 0.6 is 11.6 Å². The number of rotatable bonds is 4. The van der Waals surface area contributed by atoms with Crippen molar-refractivity contribution in [2.24, 2.45) is 5.92 Å². The monoisotopic (exact) mass is 329 g/mol. The van der Waals surface area contributed by atoms with E-state index >= 15 is 0 Å². The summed E-state index contributed by atoms with van der Waals surface area (Å²) >= 11 is 6.03. The number of carbonyl (C=O) groups excluding carboxylic acids is 1. The van der Waals surface area contributed by atoms with Gasteiger partial charge < -0.3 is 5.32 Å². The van der Waals surface area contributed by atoms with Crippen LogP contribution in [0.15, 0.2) is 48.8 Å². The number of halogens is 1. The molecule has 2 heterocycles. The standard InChI is InChI=1S/C18H20ClN3O/c19-16-4-1-3-14(11-16)13-22-9-6-15(7-10-22)18(23)21-17-5-2-8-20-12-17/h1-5,8,11-12,15H,6-7,9-10,13H2,(H,21,23). The zero-order chi connectivity index (χ0) is 16.1. The molecule has 120 valence electrons. The Morgan fingerprint density at radius 2 is 2.09 bits per heavy atom. The van der Waals surface area contributed by atoms with Crippen LogP contribution in [0.3, 0.4) is 0 Å². The first-order valence-corrected chi connectivity index (χ1v) is 8.26. The minimum Gasteiger partial charge on any atom is -0.324 e. The first kappa shape index (κ1) is 16.0. The average molecular weight is 330 g/mol. The van der Waals surface area contributed by atoms with E-state index in [1.165, 1.54) is 5.56 Å². The Kier molecular flexibility index (Phi) is 5.26. The lowest BCUT2D eigenvalue weighted by Gasteiger charge is -2.31. The van der Waals surface area contributed by atoms with Crippen LogP contribution in [-0.2, 0) is 11.3 Å². The molecule has 0 aliphatic carbocycles. The molecule has 1 aliphatic rings. The molecule has 1 saturated heterocycles. The van der Waals surface area contributed by atoms with Gasteiger partial charge >= 0.3 is 0 Å². The molecular formula is C18H20ClN3O. The van der Waals surface area contributed by atoms with Crippen LogP contribution < -0.4 is 5.32 Å². The third kappa shape index (κ3) is 4.53. The molecule has 1 aromatic carbocycles. The summed E-state index contributed by atoms with van der Waals surface area (Å²) in [6.45, 7) is 2.74. The normalized spacial score (nSPS) is 16.2. The van der Waals surface area contributed by atoms with Gasteiger partial charge in [0.15, 0.2) is 0 Å². The summed E-state index contributed by atoms with van der Waals surface area (Å²) in [7, 11) is 0. The molecule has 0 unspecified atom stereocenters. The SMILES string of the molecule is O=C(Nc1cccnc1)C1CCN(Cc2cccc(Cl)c2)CC1. The van der Waals surface area contributed by atoms with Crippen LogP contribution in [0.25, 0.3) is 0 Å². The number of likely N-dealkylation sites (tertiary alicyclic amines) is 1. The summed E-state index contributed by atoms with van der Waals surface area (Å²) in [4.78, 5) is 18.7. The number of carbonyl (C=O) groups is 1. The van der Waals surface area contributed by atoms with Gasteiger partial charge in [0, 0.05) is 23.7 Å². The molecule has 23 heavy (non-hydrogen) atoms. The van der Waals surface area contributed by atoms with Crippen LogP contribution in [0.4, 0.5) is 5.69 Å². The van der Waals surface area contributed by atoms with Crippen molar-refractivity contribution in [3.63, 3.8) is 0 Å². The highest BCUT2D eigenvalue weighted by atomic mass is 35.5. The van der Waals surface area contributed by atoms with E-state index in [4.69, 9.17) is 11.6 Å². The zero-order valence-corrected chi connectivity index (χ0v) is 13.7. The van der Waals surface area contributed by atoms with E-state index in [-0.39, 0.29) is 11.8 Å². The second-order valence-electron chi connectivity index (χ2n) is 5.91. The maximum Gasteiger partial charge on any atom is 0.227 e. The minimum absolute atomic E-state index is 0.0748. The zero-order valence-electron chi connectivity index (χ0n) is 12.9. The third-order valence-electron chi connectivity index (χ3n) is 4.18. The Bertz CT molecular complexity index is 654. The van der Waals surface area contributed by atoms with Crippen LogP contribution in [0.1, 0.15) is 18.4 Å². The van der Waals surface area contributed by atoms with Crippen molar-refractivity contribution in [1.82, 2.24) is 9.88 Å². The fourth-order valence-electron chi connectivity index (χ4n) is 2.93. The maximum absolute atomic E-state index is 12.3. The van der Waals surface area contributed by atoms with E-state index < -0.39 is 0 Å². The van der Waals surface area contributed by atoms with E-state index in [0.717, 1.165) is 43.2 Å². The Labute approximate surface area is 141 Å². The molecule has 0 saturated carbocycles. The van der Waals surface area contributed by atoms with Crippen molar-refractivity contribution in [2.45, 2.75) is 19.4 Å². The van der Waals surface area contributed by atoms with Crippen LogP contribution in [0.2, 0.25) is 5.02 Å². The van der Waals surface area contributed by atoms with Crippen molar-refractivity contribution in [3.8, 4) is 0 Å². The highest BCUT2D eigenvalue weighted by Gasteiger charge is 2.25. The van der Waals surface area contributed by atoms with Crippen LogP contribution in [0, 0.1) is 5.92 Å². The molecule has 0 radical (unpaired) electrons. The molecule has 4 nitrogen and oxygen atoms in total. The molecule has 1 N–H and O–H groups in total. The number of piperidine rings is 1. The molecule has 1 aromatic heterocycles. The van der Waals surface area contributed by atoms with Gasteiger partial charge in [0.05, 0.1) is 11.9 Å². The predicted octanol–water partition coefficient (Wildman–Crippen LogP) is 3.59. The summed E-state index contributed by atoms with van der Waals surface area (Å²) in [5.41, 5.74) is 1.98. The van der Waals surface area contributed by atoms with E-state index in [0.29, 0.717) is 0 Å². The molecule has 1 amide bonds. The largest absolute Gasteiger partial charge is 0.324 e. The number of hydrogen-bond acceptors (Lipinski definition) is 3. The summed E-state index contributed by atoms with van der Waals surface area (Å²) < 4.78 is 0. The number of anilines is 1. The highest BCUT2D eigenvalue weighted by Crippen LogP contribution is 2.21. The van der Waals surface area contributed by atoms with Crippen molar-refractivity contribution in [2.75, 3.05) is 18.4 Å². The summed E-state index contributed by atoms with van der Waals surface area (Å²) in [5, 5.41) is 3.72. The summed E-state index contributed by atoms with van der Waals surface area (Å²) in [6.07, 6.45) is 5.13. The van der Waals surface area contributed by atoms with Gasteiger partial charge in [-0.25, -0.2) is 0 Å². The summed E-state index contributed by atoms with van der Waals surface area (Å²) in [6, 6.07) is 11.6. The van der Waals surface area contributed by atoms with Crippen LogP contribution in [-0.4, -0.2) is 28.9 Å². The van der Waals surface area contributed by atoms with Gasteiger partial charge in [-0.05, 0) is 55.8 Å². The Morgan fingerprint density at radius 1 is 1.26 bits per heavy atom. The fraction of sp³-hybridized carbons (Fsp3) is 0.333.